The zero-order valence-corrected chi connectivity index (χ0v) is 7.87. The van der Waals surface area contributed by atoms with Gasteiger partial charge in [-0.2, -0.15) is 0 Å². The predicted octanol–water partition coefficient (Wildman–Crippen LogP) is 3.52. The fourth-order valence-electron chi connectivity index (χ4n) is 1.17. The summed E-state index contributed by atoms with van der Waals surface area (Å²) in [6, 6.07) is 5.05. The summed E-state index contributed by atoms with van der Waals surface area (Å²) in [6.07, 6.45) is 1.75. The van der Waals surface area contributed by atoms with E-state index in [1.165, 1.54) is 6.07 Å². The first-order chi connectivity index (χ1) is 5.77. The van der Waals surface area contributed by atoms with Crippen molar-refractivity contribution in [1.29, 1.82) is 0 Å². The molecule has 0 amide bonds. The molecule has 1 rings (SSSR count). The van der Waals surface area contributed by atoms with Crippen molar-refractivity contribution in [2.75, 3.05) is 0 Å². The number of hydrogen-bond donors (Lipinski definition) is 0. The molecule has 0 saturated heterocycles. The van der Waals surface area contributed by atoms with Crippen molar-refractivity contribution in [2.24, 2.45) is 0 Å². The van der Waals surface area contributed by atoms with Gasteiger partial charge in [-0.3, -0.25) is 0 Å². The van der Waals surface area contributed by atoms with Crippen LogP contribution in [-0.2, 0) is 12.3 Å². The van der Waals surface area contributed by atoms with Crippen molar-refractivity contribution < 1.29 is 4.39 Å². The van der Waals surface area contributed by atoms with Gasteiger partial charge in [0.2, 0.25) is 0 Å². The van der Waals surface area contributed by atoms with E-state index in [1.807, 2.05) is 13.0 Å². The Labute approximate surface area is 77.4 Å². The van der Waals surface area contributed by atoms with E-state index in [0.717, 1.165) is 24.0 Å². The van der Waals surface area contributed by atoms with Crippen LogP contribution in [0.2, 0.25) is 0 Å². The maximum Gasteiger partial charge on any atom is 0.126 e. The van der Waals surface area contributed by atoms with Gasteiger partial charge in [0.25, 0.3) is 0 Å². The van der Waals surface area contributed by atoms with Crippen molar-refractivity contribution in [1.82, 2.24) is 0 Å². The van der Waals surface area contributed by atoms with E-state index in [1.54, 1.807) is 6.07 Å². The topological polar surface area (TPSA) is 0 Å². The molecule has 0 spiro atoms. The third kappa shape index (κ3) is 2.21. The van der Waals surface area contributed by atoms with Gasteiger partial charge in [-0.1, -0.05) is 25.5 Å². The van der Waals surface area contributed by atoms with E-state index in [0.29, 0.717) is 5.88 Å². The van der Waals surface area contributed by atoms with Gasteiger partial charge >= 0.3 is 0 Å². The molecule has 1 aromatic carbocycles. The van der Waals surface area contributed by atoms with Gasteiger partial charge in [0.05, 0.1) is 0 Å². The Balaban J connectivity index is 2.91. The molecule has 1 aromatic rings. The smallest absolute Gasteiger partial charge is 0.126 e. The van der Waals surface area contributed by atoms with Crippen LogP contribution >= 0.6 is 11.6 Å². The first-order valence-electron chi connectivity index (χ1n) is 4.11. The average Bonchev–Trinajstić information content (AvgIpc) is 2.09. The van der Waals surface area contributed by atoms with Crippen LogP contribution in [0.3, 0.4) is 0 Å². The van der Waals surface area contributed by atoms with Gasteiger partial charge < -0.3 is 0 Å². The summed E-state index contributed by atoms with van der Waals surface area (Å²) in [5.74, 6) is 0.336. The van der Waals surface area contributed by atoms with Crippen molar-refractivity contribution in [3.63, 3.8) is 0 Å². The zero-order valence-electron chi connectivity index (χ0n) is 7.11. The molecule has 0 N–H and O–H groups in total. The molecule has 0 atom stereocenters. The second-order valence-corrected chi connectivity index (χ2v) is 3.08. The standard InChI is InChI=1S/C10H12ClF/c1-2-3-9-6-8(7-11)4-5-10(9)12/h4-6H,2-3,7H2,1H3. The van der Waals surface area contributed by atoms with Crippen LogP contribution in [0.25, 0.3) is 0 Å². The summed E-state index contributed by atoms with van der Waals surface area (Å²) < 4.78 is 13.0. The maximum atomic E-state index is 13.0. The van der Waals surface area contributed by atoms with Crippen molar-refractivity contribution in [3.8, 4) is 0 Å². The van der Waals surface area contributed by atoms with E-state index in [9.17, 15) is 4.39 Å². The van der Waals surface area contributed by atoms with E-state index >= 15 is 0 Å². The molecule has 0 radical (unpaired) electrons. The molecule has 0 bridgehead atoms. The number of aryl methyl sites for hydroxylation is 1. The summed E-state index contributed by atoms with van der Waals surface area (Å²) in [5.41, 5.74) is 1.76. The van der Waals surface area contributed by atoms with Crippen molar-refractivity contribution in [3.05, 3.63) is 35.1 Å². The van der Waals surface area contributed by atoms with Crippen molar-refractivity contribution >= 4 is 11.6 Å². The molecule has 0 aromatic heterocycles. The second kappa shape index (κ2) is 4.46. The number of halogens is 2. The van der Waals surface area contributed by atoms with Crippen LogP contribution in [0.4, 0.5) is 4.39 Å². The largest absolute Gasteiger partial charge is 0.207 e. The molecule has 0 unspecified atom stereocenters. The molecule has 0 aliphatic heterocycles. The van der Waals surface area contributed by atoms with E-state index in [2.05, 4.69) is 0 Å². The van der Waals surface area contributed by atoms with E-state index in [-0.39, 0.29) is 5.82 Å². The lowest BCUT2D eigenvalue weighted by molar-refractivity contribution is 0.606. The average molecular weight is 187 g/mol. The Morgan fingerprint density at radius 2 is 2.17 bits per heavy atom. The highest BCUT2D eigenvalue weighted by atomic mass is 35.5. The second-order valence-electron chi connectivity index (χ2n) is 2.81. The zero-order chi connectivity index (χ0) is 8.97. The third-order valence-corrected chi connectivity index (χ3v) is 2.09. The van der Waals surface area contributed by atoms with E-state index in [4.69, 9.17) is 11.6 Å². The molecule has 0 nitrogen and oxygen atoms in total. The van der Waals surface area contributed by atoms with Crippen LogP contribution < -0.4 is 0 Å². The quantitative estimate of drug-likeness (QED) is 0.634. The molecule has 66 valence electrons. The van der Waals surface area contributed by atoms with Gasteiger partial charge in [-0.15, -0.1) is 11.6 Å². The minimum absolute atomic E-state index is 0.120. The Bertz CT molecular complexity index is 258. The first-order valence-corrected chi connectivity index (χ1v) is 4.64. The first kappa shape index (κ1) is 9.53. The van der Waals surface area contributed by atoms with Crippen molar-refractivity contribution in [2.45, 2.75) is 25.6 Å². The van der Waals surface area contributed by atoms with Crippen LogP contribution in [0.15, 0.2) is 18.2 Å². The lowest BCUT2D eigenvalue weighted by Gasteiger charge is -2.02. The lowest BCUT2D eigenvalue weighted by Crippen LogP contribution is -1.91. The predicted molar refractivity (Wildman–Crippen MR) is 50.0 cm³/mol. The highest BCUT2D eigenvalue weighted by Gasteiger charge is 2.01. The summed E-state index contributed by atoms with van der Waals surface area (Å²) >= 11 is 5.63. The van der Waals surface area contributed by atoms with Gasteiger partial charge in [-0.25, -0.2) is 4.39 Å². The monoisotopic (exact) mass is 186 g/mol. The Kier molecular flexibility index (Phi) is 3.54. The molecule has 0 saturated carbocycles. The third-order valence-electron chi connectivity index (χ3n) is 1.78. The Hall–Kier alpha value is -0.560. The minimum Gasteiger partial charge on any atom is -0.207 e. The molecule has 0 aliphatic rings. The van der Waals surface area contributed by atoms with Crippen LogP contribution in [0.5, 0.6) is 0 Å². The lowest BCUT2D eigenvalue weighted by atomic mass is 10.1. The van der Waals surface area contributed by atoms with Gasteiger partial charge in [0.1, 0.15) is 5.82 Å². The van der Waals surface area contributed by atoms with E-state index < -0.39 is 0 Å². The van der Waals surface area contributed by atoms with Gasteiger partial charge in [0.15, 0.2) is 0 Å². The van der Waals surface area contributed by atoms with Crippen LogP contribution in [0.1, 0.15) is 24.5 Å². The normalized spacial score (nSPS) is 10.2. The fourth-order valence-corrected chi connectivity index (χ4v) is 1.34. The molecule has 0 aliphatic carbocycles. The number of alkyl halides is 1. The van der Waals surface area contributed by atoms with Crippen LogP contribution in [0, 0.1) is 5.82 Å². The highest BCUT2D eigenvalue weighted by Crippen LogP contribution is 2.13. The maximum absolute atomic E-state index is 13.0. The van der Waals surface area contributed by atoms with Gasteiger partial charge in [-0.05, 0) is 23.6 Å². The highest BCUT2D eigenvalue weighted by molar-refractivity contribution is 6.17. The SMILES string of the molecule is CCCc1cc(CCl)ccc1F. The summed E-state index contributed by atoms with van der Waals surface area (Å²) in [4.78, 5) is 0. The molecule has 12 heavy (non-hydrogen) atoms. The number of rotatable bonds is 3. The van der Waals surface area contributed by atoms with Gasteiger partial charge in [0, 0.05) is 5.88 Å². The van der Waals surface area contributed by atoms with Crippen LogP contribution in [-0.4, -0.2) is 0 Å². The summed E-state index contributed by atoms with van der Waals surface area (Å²) in [6.45, 7) is 2.03. The molecule has 2 heteroatoms. The Morgan fingerprint density at radius 1 is 1.42 bits per heavy atom. The molecule has 0 fully saturated rings. The molecule has 0 heterocycles. The molecular formula is C10H12ClF. The minimum atomic E-state index is -0.120. The Morgan fingerprint density at radius 3 is 2.75 bits per heavy atom. The fraction of sp³-hybridized carbons (Fsp3) is 0.400. The number of hydrogen-bond acceptors (Lipinski definition) is 0. The number of benzene rings is 1. The molecular weight excluding hydrogens is 175 g/mol. The summed E-state index contributed by atoms with van der Waals surface area (Å²) in [5, 5.41) is 0. The summed E-state index contributed by atoms with van der Waals surface area (Å²) in [7, 11) is 0.